The van der Waals surface area contributed by atoms with E-state index in [4.69, 9.17) is 10.5 Å². The lowest BCUT2D eigenvalue weighted by molar-refractivity contribution is 0.244. The van der Waals surface area contributed by atoms with Gasteiger partial charge in [0.2, 0.25) is 0 Å². The van der Waals surface area contributed by atoms with Crippen molar-refractivity contribution in [1.29, 1.82) is 0 Å². The Hall–Kier alpha value is -0.900. The van der Waals surface area contributed by atoms with Crippen molar-refractivity contribution in [3.63, 3.8) is 0 Å². The van der Waals surface area contributed by atoms with Gasteiger partial charge in [-0.3, -0.25) is 0 Å². The average molecular weight is 319 g/mol. The Morgan fingerprint density at radius 2 is 1.95 bits per heavy atom. The Labute approximate surface area is 133 Å². The predicted octanol–water partition coefficient (Wildman–Crippen LogP) is 3.58. The molecule has 3 nitrogen and oxygen atoms in total. The lowest BCUT2D eigenvalue weighted by Crippen LogP contribution is -2.20. The summed E-state index contributed by atoms with van der Waals surface area (Å²) in [5, 5.41) is 3.33. The molecule has 1 heterocycles. The number of nitrogen functional groups attached to an aromatic ring is 1. The molecule has 1 aromatic rings. The van der Waals surface area contributed by atoms with Crippen molar-refractivity contribution in [3.8, 4) is 5.75 Å². The molecule has 0 saturated carbocycles. The molecule has 0 saturated heterocycles. The fourth-order valence-corrected chi connectivity index (χ4v) is 2.28. The van der Waals surface area contributed by atoms with Crippen LogP contribution in [0.5, 0.6) is 5.75 Å². The molecule has 0 amide bonds. The zero-order valence-electron chi connectivity index (χ0n) is 12.2. The van der Waals surface area contributed by atoms with Crippen LogP contribution in [0.4, 0.5) is 5.69 Å². The summed E-state index contributed by atoms with van der Waals surface area (Å²) >= 11 is 0. The van der Waals surface area contributed by atoms with Crippen LogP contribution in [0.3, 0.4) is 0 Å². The van der Waals surface area contributed by atoms with Gasteiger partial charge in [-0.05, 0) is 62.6 Å². The van der Waals surface area contributed by atoms with Gasteiger partial charge in [0.05, 0.1) is 11.8 Å². The van der Waals surface area contributed by atoms with E-state index in [1.165, 1.54) is 16.7 Å². The molecule has 0 aromatic heterocycles. The maximum absolute atomic E-state index is 6.01. The summed E-state index contributed by atoms with van der Waals surface area (Å²) in [5.41, 5.74) is 10.6. The summed E-state index contributed by atoms with van der Waals surface area (Å²) in [4.78, 5) is 0. The maximum Gasteiger partial charge on any atom is 0.143 e. The lowest BCUT2D eigenvalue weighted by atomic mass is 9.95. The first-order valence-corrected chi connectivity index (χ1v) is 6.55. The highest BCUT2D eigenvalue weighted by Crippen LogP contribution is 2.32. The first kappa shape index (κ1) is 19.1. The van der Waals surface area contributed by atoms with Crippen molar-refractivity contribution < 1.29 is 4.74 Å². The van der Waals surface area contributed by atoms with E-state index in [1.54, 1.807) is 0 Å². The van der Waals surface area contributed by atoms with Crippen LogP contribution in [0.2, 0.25) is 0 Å². The predicted molar refractivity (Wildman–Crippen MR) is 91.3 cm³/mol. The van der Waals surface area contributed by atoms with Crippen LogP contribution in [0, 0.1) is 6.92 Å². The van der Waals surface area contributed by atoms with Crippen LogP contribution in [0.15, 0.2) is 18.2 Å². The van der Waals surface area contributed by atoms with E-state index in [9.17, 15) is 0 Å². The molecule has 20 heavy (non-hydrogen) atoms. The molecule has 1 aliphatic rings. The van der Waals surface area contributed by atoms with Gasteiger partial charge in [0, 0.05) is 6.54 Å². The maximum atomic E-state index is 6.01. The van der Waals surface area contributed by atoms with Gasteiger partial charge in [0.1, 0.15) is 5.75 Å². The average Bonchev–Trinajstić information content (AvgIpc) is 2.33. The van der Waals surface area contributed by atoms with Crippen LogP contribution in [0.1, 0.15) is 31.4 Å². The molecule has 0 fully saturated rings. The van der Waals surface area contributed by atoms with Gasteiger partial charge >= 0.3 is 0 Å². The number of nitrogens with one attached hydrogen (secondary N) is 1. The summed E-state index contributed by atoms with van der Waals surface area (Å²) in [5.74, 6) is 0.796. The number of nitrogens with two attached hydrogens (primary N) is 1. The summed E-state index contributed by atoms with van der Waals surface area (Å²) in [6.07, 6.45) is 3.46. The fraction of sp³-hybridized carbons (Fsp3) is 0.467. The standard InChI is InChI=1S/C15H22N2O.2ClH/c1-10(2)18-15-9-13(11(3)8-14(15)16)12-4-6-17-7-5-12;;/h4,8-10,17H,5-7,16H2,1-3H3;2*1H. The number of hydrogen-bond donors (Lipinski definition) is 2. The second-order valence-corrected chi connectivity index (χ2v) is 5.06. The number of halogens is 2. The Morgan fingerprint density at radius 1 is 1.25 bits per heavy atom. The summed E-state index contributed by atoms with van der Waals surface area (Å²) in [6, 6.07) is 4.09. The Bertz CT molecular complexity index is 473. The Balaban J connectivity index is 0.00000180. The van der Waals surface area contributed by atoms with Crippen LogP contribution in [-0.2, 0) is 0 Å². The third kappa shape index (κ3) is 4.58. The normalized spacial score (nSPS) is 14.1. The Morgan fingerprint density at radius 3 is 2.50 bits per heavy atom. The molecule has 0 aliphatic carbocycles. The Kier molecular flexibility index (Phi) is 8.02. The SMILES string of the molecule is Cc1cc(N)c(OC(C)C)cc1C1=CCNCC1.Cl.Cl. The van der Waals surface area contributed by atoms with Crippen LogP contribution < -0.4 is 15.8 Å². The van der Waals surface area contributed by atoms with Crippen molar-refractivity contribution in [2.75, 3.05) is 18.8 Å². The van der Waals surface area contributed by atoms with E-state index in [0.29, 0.717) is 0 Å². The first-order valence-electron chi connectivity index (χ1n) is 6.55. The number of rotatable bonds is 3. The molecule has 1 aliphatic heterocycles. The van der Waals surface area contributed by atoms with Gasteiger partial charge in [0.25, 0.3) is 0 Å². The van der Waals surface area contributed by atoms with Gasteiger partial charge in [-0.25, -0.2) is 0 Å². The van der Waals surface area contributed by atoms with Gasteiger partial charge in [-0.15, -0.1) is 24.8 Å². The topological polar surface area (TPSA) is 47.3 Å². The smallest absolute Gasteiger partial charge is 0.143 e. The van der Waals surface area contributed by atoms with Crippen molar-refractivity contribution >= 4 is 36.1 Å². The largest absolute Gasteiger partial charge is 0.489 e. The molecule has 0 atom stereocenters. The van der Waals surface area contributed by atoms with E-state index in [-0.39, 0.29) is 30.9 Å². The molecule has 0 unspecified atom stereocenters. The van der Waals surface area contributed by atoms with E-state index < -0.39 is 0 Å². The number of benzene rings is 1. The van der Waals surface area contributed by atoms with Crippen molar-refractivity contribution in [1.82, 2.24) is 5.32 Å². The van der Waals surface area contributed by atoms with Crippen LogP contribution in [-0.4, -0.2) is 19.2 Å². The van der Waals surface area contributed by atoms with Crippen molar-refractivity contribution in [3.05, 3.63) is 29.3 Å². The van der Waals surface area contributed by atoms with E-state index in [0.717, 1.165) is 30.9 Å². The van der Waals surface area contributed by atoms with Gasteiger partial charge < -0.3 is 15.8 Å². The van der Waals surface area contributed by atoms with E-state index in [2.05, 4.69) is 24.4 Å². The third-order valence-electron chi connectivity index (χ3n) is 3.13. The fourth-order valence-electron chi connectivity index (χ4n) is 2.28. The molecule has 114 valence electrons. The highest BCUT2D eigenvalue weighted by Gasteiger charge is 2.12. The zero-order chi connectivity index (χ0) is 13.1. The second-order valence-electron chi connectivity index (χ2n) is 5.06. The highest BCUT2D eigenvalue weighted by molar-refractivity contribution is 5.85. The zero-order valence-corrected chi connectivity index (χ0v) is 13.9. The molecule has 5 heteroatoms. The summed E-state index contributed by atoms with van der Waals surface area (Å²) < 4.78 is 5.76. The first-order chi connectivity index (χ1) is 8.58. The van der Waals surface area contributed by atoms with Crippen LogP contribution in [0.25, 0.3) is 5.57 Å². The molecule has 0 spiro atoms. The minimum absolute atomic E-state index is 0. The van der Waals surface area contributed by atoms with Crippen molar-refractivity contribution in [2.24, 2.45) is 0 Å². The molecule has 3 N–H and O–H groups in total. The van der Waals surface area contributed by atoms with Gasteiger partial charge in [0.15, 0.2) is 0 Å². The molecule has 2 rings (SSSR count). The van der Waals surface area contributed by atoms with Gasteiger partial charge in [-0.2, -0.15) is 0 Å². The number of ether oxygens (including phenoxy) is 1. The minimum atomic E-state index is 0. The lowest BCUT2D eigenvalue weighted by Gasteiger charge is -2.19. The van der Waals surface area contributed by atoms with Crippen LogP contribution >= 0.6 is 24.8 Å². The molecule has 1 aromatic carbocycles. The number of hydrogen-bond acceptors (Lipinski definition) is 3. The number of aryl methyl sites for hydroxylation is 1. The summed E-state index contributed by atoms with van der Waals surface area (Å²) in [7, 11) is 0. The van der Waals surface area contributed by atoms with Crippen molar-refractivity contribution in [2.45, 2.75) is 33.3 Å². The molecule has 0 radical (unpaired) electrons. The second kappa shape index (κ2) is 8.40. The molecular formula is C15H24Cl2N2O. The number of anilines is 1. The monoisotopic (exact) mass is 318 g/mol. The highest BCUT2D eigenvalue weighted by atomic mass is 35.5. The van der Waals surface area contributed by atoms with E-state index >= 15 is 0 Å². The van der Waals surface area contributed by atoms with Gasteiger partial charge in [-0.1, -0.05) is 6.08 Å². The summed E-state index contributed by atoms with van der Waals surface area (Å²) in [6.45, 7) is 8.12. The van der Waals surface area contributed by atoms with E-state index in [1.807, 2.05) is 19.9 Å². The minimum Gasteiger partial charge on any atom is -0.489 e. The molecular weight excluding hydrogens is 295 g/mol. The quantitative estimate of drug-likeness (QED) is 0.837. The molecule has 0 bridgehead atoms. The third-order valence-corrected chi connectivity index (χ3v) is 3.13.